The fraction of sp³-hybridized carbons (Fsp3) is 0.387. The first-order valence-electron chi connectivity index (χ1n) is 14.0. The Hall–Kier alpha value is -4.14. The Morgan fingerprint density at radius 1 is 1.07 bits per heavy atom. The van der Waals surface area contributed by atoms with E-state index in [1.807, 2.05) is 36.4 Å². The summed E-state index contributed by atoms with van der Waals surface area (Å²) in [6.07, 6.45) is 5.59. The third kappa shape index (κ3) is 6.35. The van der Waals surface area contributed by atoms with Gasteiger partial charge in [-0.05, 0) is 72.6 Å². The molecule has 0 saturated heterocycles. The number of hydrogen-bond donors (Lipinski definition) is 2. The van der Waals surface area contributed by atoms with Crippen LogP contribution in [0.3, 0.4) is 0 Å². The molecule has 0 spiro atoms. The predicted molar refractivity (Wildman–Crippen MR) is 155 cm³/mol. The van der Waals surface area contributed by atoms with Crippen molar-refractivity contribution in [1.29, 1.82) is 0 Å². The van der Waals surface area contributed by atoms with E-state index in [0.717, 1.165) is 66.9 Å². The molecule has 1 aliphatic carbocycles. The van der Waals surface area contributed by atoms with Crippen molar-refractivity contribution in [3.05, 3.63) is 72.0 Å². The second kappa shape index (κ2) is 11.9. The number of carbonyl (C=O) groups excluding carboxylic acids is 1. The Labute approximate surface area is 234 Å². The molecular formula is C31H36FN7O. The Bertz CT molecular complexity index is 1440. The van der Waals surface area contributed by atoms with E-state index in [1.165, 1.54) is 6.07 Å². The first-order valence-corrected chi connectivity index (χ1v) is 14.0. The molecule has 4 aromatic rings. The van der Waals surface area contributed by atoms with Gasteiger partial charge < -0.3 is 10.2 Å². The maximum absolute atomic E-state index is 14.2. The van der Waals surface area contributed by atoms with Crippen molar-refractivity contribution in [2.75, 3.05) is 16.8 Å². The number of halogens is 1. The van der Waals surface area contributed by atoms with Gasteiger partial charge in [-0.1, -0.05) is 57.2 Å². The maximum Gasteiger partial charge on any atom is 0.228 e. The van der Waals surface area contributed by atoms with Crippen LogP contribution in [0.15, 0.2) is 60.7 Å². The van der Waals surface area contributed by atoms with Crippen molar-refractivity contribution in [2.45, 2.75) is 65.3 Å². The molecule has 0 unspecified atom stereocenters. The van der Waals surface area contributed by atoms with E-state index in [9.17, 15) is 9.18 Å². The molecule has 2 aromatic carbocycles. The molecule has 208 valence electrons. The second-order valence-electron chi connectivity index (χ2n) is 11.3. The van der Waals surface area contributed by atoms with Gasteiger partial charge in [0, 0.05) is 23.7 Å². The molecule has 9 heteroatoms. The SMILES string of the molecule is CCCN(c1cc(CC(=O)Nc2ccccc2F)cc(-c2ccccc2-c2nn[nH]n2)n1)C1CCC(C)(C)CC1. The number of rotatable bonds is 9. The number of para-hydroxylation sites is 1. The van der Waals surface area contributed by atoms with E-state index >= 15 is 0 Å². The van der Waals surface area contributed by atoms with Crippen LogP contribution in [0.2, 0.25) is 0 Å². The maximum atomic E-state index is 14.2. The van der Waals surface area contributed by atoms with E-state index in [1.54, 1.807) is 18.2 Å². The largest absolute Gasteiger partial charge is 0.354 e. The highest BCUT2D eigenvalue weighted by atomic mass is 19.1. The van der Waals surface area contributed by atoms with Crippen LogP contribution < -0.4 is 10.2 Å². The van der Waals surface area contributed by atoms with Gasteiger partial charge in [0.15, 0.2) is 0 Å². The van der Waals surface area contributed by atoms with Crippen molar-refractivity contribution in [3.63, 3.8) is 0 Å². The number of carbonyl (C=O) groups is 1. The summed E-state index contributed by atoms with van der Waals surface area (Å²) in [7, 11) is 0. The summed E-state index contributed by atoms with van der Waals surface area (Å²) >= 11 is 0. The zero-order chi connectivity index (χ0) is 28.1. The number of aromatic nitrogens is 5. The number of anilines is 2. The summed E-state index contributed by atoms with van der Waals surface area (Å²) in [5, 5.41) is 17.3. The predicted octanol–water partition coefficient (Wildman–Crippen LogP) is 6.43. The van der Waals surface area contributed by atoms with Crippen LogP contribution in [0.5, 0.6) is 0 Å². The number of H-pyrrole nitrogens is 1. The molecule has 0 atom stereocenters. The molecule has 1 saturated carbocycles. The number of nitrogens with zero attached hydrogens (tertiary/aromatic N) is 5. The fourth-order valence-corrected chi connectivity index (χ4v) is 5.50. The summed E-state index contributed by atoms with van der Waals surface area (Å²) < 4.78 is 14.2. The highest BCUT2D eigenvalue weighted by Gasteiger charge is 2.31. The average molecular weight is 542 g/mol. The summed E-state index contributed by atoms with van der Waals surface area (Å²) in [5.41, 5.74) is 3.69. The van der Waals surface area contributed by atoms with Gasteiger partial charge >= 0.3 is 0 Å². The average Bonchev–Trinajstić information content (AvgIpc) is 3.48. The van der Waals surface area contributed by atoms with Crippen LogP contribution in [-0.4, -0.2) is 44.1 Å². The third-order valence-corrected chi connectivity index (χ3v) is 7.68. The number of nitrogens with one attached hydrogen (secondary N) is 2. The summed E-state index contributed by atoms with van der Waals surface area (Å²) in [4.78, 5) is 20.6. The molecule has 1 fully saturated rings. The van der Waals surface area contributed by atoms with Crippen LogP contribution in [0.1, 0.15) is 58.4 Å². The lowest BCUT2D eigenvalue weighted by Gasteiger charge is -2.41. The van der Waals surface area contributed by atoms with Gasteiger partial charge in [-0.15, -0.1) is 10.2 Å². The first-order chi connectivity index (χ1) is 19.3. The van der Waals surface area contributed by atoms with Crippen LogP contribution in [0.4, 0.5) is 15.9 Å². The number of aromatic amines is 1. The van der Waals surface area contributed by atoms with E-state index in [4.69, 9.17) is 4.98 Å². The van der Waals surface area contributed by atoms with Gasteiger partial charge in [0.25, 0.3) is 0 Å². The normalized spacial score (nSPS) is 15.1. The standard InChI is InChI=1S/C31H36FN7O/c1-4-17-39(22-13-15-31(2,3)16-14-22)28-19-21(20-29(40)34-26-12-8-7-11-25(26)32)18-27(33-28)23-9-5-6-10-24(23)30-35-37-38-36-30/h5-12,18-19,22H,4,13-17,20H2,1-3H3,(H,34,40)(H,35,36,37,38). The van der Waals surface area contributed by atoms with E-state index in [2.05, 4.69) is 51.6 Å². The van der Waals surface area contributed by atoms with Gasteiger partial charge in [-0.3, -0.25) is 4.79 Å². The number of tetrazole rings is 1. The van der Waals surface area contributed by atoms with Crippen LogP contribution in [0, 0.1) is 11.2 Å². The van der Waals surface area contributed by atoms with Gasteiger partial charge in [-0.25, -0.2) is 9.37 Å². The van der Waals surface area contributed by atoms with Crippen LogP contribution in [-0.2, 0) is 11.2 Å². The Morgan fingerprint density at radius 2 is 1.80 bits per heavy atom. The third-order valence-electron chi connectivity index (χ3n) is 7.68. The summed E-state index contributed by atoms with van der Waals surface area (Å²) in [6.45, 7) is 7.73. The zero-order valence-corrected chi connectivity index (χ0v) is 23.3. The zero-order valence-electron chi connectivity index (χ0n) is 23.3. The minimum atomic E-state index is -0.463. The molecular weight excluding hydrogens is 505 g/mol. The molecule has 2 aromatic heterocycles. The van der Waals surface area contributed by atoms with Gasteiger partial charge in [0.1, 0.15) is 11.6 Å². The Kier molecular flexibility index (Phi) is 8.19. The lowest BCUT2D eigenvalue weighted by Crippen LogP contribution is -2.41. The monoisotopic (exact) mass is 541 g/mol. The van der Waals surface area contributed by atoms with Gasteiger partial charge in [0.05, 0.1) is 17.8 Å². The van der Waals surface area contributed by atoms with Crippen molar-refractivity contribution in [1.82, 2.24) is 25.6 Å². The van der Waals surface area contributed by atoms with Crippen LogP contribution in [0.25, 0.3) is 22.6 Å². The van der Waals surface area contributed by atoms with Crippen molar-refractivity contribution >= 4 is 17.4 Å². The fourth-order valence-electron chi connectivity index (χ4n) is 5.50. The minimum Gasteiger partial charge on any atom is -0.354 e. The highest BCUT2D eigenvalue weighted by molar-refractivity contribution is 5.92. The second-order valence-corrected chi connectivity index (χ2v) is 11.3. The van der Waals surface area contributed by atoms with E-state index < -0.39 is 5.82 Å². The molecule has 0 aliphatic heterocycles. The minimum absolute atomic E-state index is 0.0822. The van der Waals surface area contributed by atoms with Crippen LogP contribution >= 0.6 is 0 Å². The summed E-state index contributed by atoms with van der Waals surface area (Å²) in [6, 6.07) is 18.3. The number of amides is 1. The lowest BCUT2D eigenvalue weighted by molar-refractivity contribution is -0.115. The topological polar surface area (TPSA) is 99.7 Å². The molecule has 0 bridgehead atoms. The van der Waals surface area contributed by atoms with Crippen molar-refractivity contribution in [3.8, 4) is 22.6 Å². The van der Waals surface area contributed by atoms with E-state index in [-0.39, 0.29) is 18.0 Å². The molecule has 5 rings (SSSR count). The molecule has 1 amide bonds. The number of hydrogen-bond acceptors (Lipinski definition) is 6. The Balaban J connectivity index is 1.54. The van der Waals surface area contributed by atoms with Crippen molar-refractivity contribution in [2.24, 2.45) is 5.41 Å². The smallest absolute Gasteiger partial charge is 0.228 e. The molecule has 40 heavy (non-hydrogen) atoms. The molecule has 8 nitrogen and oxygen atoms in total. The molecule has 0 radical (unpaired) electrons. The number of pyridine rings is 1. The first kappa shape index (κ1) is 27.4. The number of benzene rings is 2. The summed E-state index contributed by atoms with van der Waals surface area (Å²) in [5.74, 6) is 0.568. The molecule has 2 N–H and O–H groups in total. The quantitative estimate of drug-likeness (QED) is 0.253. The van der Waals surface area contributed by atoms with Gasteiger partial charge in [-0.2, -0.15) is 5.21 Å². The Morgan fingerprint density at radius 3 is 2.50 bits per heavy atom. The molecule has 2 heterocycles. The highest BCUT2D eigenvalue weighted by Crippen LogP contribution is 2.39. The van der Waals surface area contributed by atoms with Crippen molar-refractivity contribution < 1.29 is 9.18 Å². The van der Waals surface area contributed by atoms with E-state index in [0.29, 0.717) is 17.3 Å². The van der Waals surface area contributed by atoms with Gasteiger partial charge in [0.2, 0.25) is 11.7 Å². The lowest BCUT2D eigenvalue weighted by atomic mass is 9.75. The molecule has 1 aliphatic rings.